The number of nitrogens with zero attached hydrogens (tertiary/aromatic N) is 2. The number of hydrogen-bond acceptors (Lipinski definition) is 3. The lowest BCUT2D eigenvalue weighted by molar-refractivity contribution is 0.312. The molecule has 0 fully saturated rings. The summed E-state index contributed by atoms with van der Waals surface area (Å²) < 4.78 is 0. The summed E-state index contributed by atoms with van der Waals surface area (Å²) in [6, 6.07) is 15.9. The van der Waals surface area contributed by atoms with Gasteiger partial charge in [0.15, 0.2) is 0 Å². The SMILES string of the molecule is C=C(C1=CCCC=C1)c1ccc(O)c(CN(C)Cc2ccccc2)c1C#N. The molecule has 0 bridgehead atoms. The number of benzene rings is 2. The van der Waals surface area contributed by atoms with Gasteiger partial charge in [-0.1, -0.05) is 55.1 Å². The molecule has 0 heterocycles. The van der Waals surface area contributed by atoms with Gasteiger partial charge in [-0.15, -0.1) is 0 Å². The van der Waals surface area contributed by atoms with Crippen molar-refractivity contribution in [3.63, 3.8) is 0 Å². The van der Waals surface area contributed by atoms with Crippen molar-refractivity contribution in [2.24, 2.45) is 0 Å². The lowest BCUT2D eigenvalue weighted by atomic mass is 9.90. The molecular formula is C24H24N2O. The molecule has 1 aliphatic carbocycles. The van der Waals surface area contributed by atoms with E-state index in [0.29, 0.717) is 17.7 Å². The van der Waals surface area contributed by atoms with Gasteiger partial charge in [0.2, 0.25) is 0 Å². The third kappa shape index (κ3) is 4.36. The third-order valence-corrected chi connectivity index (χ3v) is 4.79. The van der Waals surface area contributed by atoms with Crippen molar-refractivity contribution in [1.29, 1.82) is 5.26 Å². The van der Waals surface area contributed by atoms with Crippen molar-refractivity contribution in [3.05, 3.63) is 95.1 Å². The van der Waals surface area contributed by atoms with E-state index in [9.17, 15) is 10.4 Å². The van der Waals surface area contributed by atoms with Crippen LogP contribution in [-0.2, 0) is 13.1 Å². The molecule has 0 aromatic heterocycles. The summed E-state index contributed by atoms with van der Waals surface area (Å²) in [7, 11) is 1.99. The van der Waals surface area contributed by atoms with E-state index < -0.39 is 0 Å². The normalized spacial score (nSPS) is 13.3. The van der Waals surface area contributed by atoms with Crippen molar-refractivity contribution < 1.29 is 5.11 Å². The van der Waals surface area contributed by atoms with Crippen molar-refractivity contribution in [2.75, 3.05) is 7.05 Å². The molecule has 2 aromatic carbocycles. The van der Waals surface area contributed by atoms with Gasteiger partial charge < -0.3 is 5.11 Å². The monoisotopic (exact) mass is 356 g/mol. The zero-order chi connectivity index (χ0) is 19.2. The molecule has 27 heavy (non-hydrogen) atoms. The van der Waals surface area contributed by atoms with Crippen LogP contribution in [0, 0.1) is 11.3 Å². The molecule has 0 saturated carbocycles. The molecular weight excluding hydrogens is 332 g/mol. The van der Waals surface area contributed by atoms with Crippen LogP contribution in [0.15, 0.2) is 72.8 Å². The van der Waals surface area contributed by atoms with Crippen molar-refractivity contribution in [1.82, 2.24) is 4.90 Å². The molecule has 3 heteroatoms. The number of aromatic hydroxyl groups is 1. The average Bonchev–Trinajstić information content (AvgIpc) is 2.70. The van der Waals surface area contributed by atoms with E-state index in [4.69, 9.17) is 0 Å². The summed E-state index contributed by atoms with van der Waals surface area (Å²) >= 11 is 0. The highest BCUT2D eigenvalue weighted by atomic mass is 16.3. The molecule has 0 unspecified atom stereocenters. The lowest BCUT2D eigenvalue weighted by Gasteiger charge is -2.20. The van der Waals surface area contributed by atoms with Crippen molar-refractivity contribution in [3.8, 4) is 11.8 Å². The molecule has 0 spiro atoms. The quantitative estimate of drug-likeness (QED) is 0.775. The molecule has 3 rings (SSSR count). The Morgan fingerprint density at radius 3 is 2.59 bits per heavy atom. The van der Waals surface area contributed by atoms with Crippen LogP contribution in [0.3, 0.4) is 0 Å². The molecule has 3 nitrogen and oxygen atoms in total. The van der Waals surface area contributed by atoms with Gasteiger partial charge in [0.25, 0.3) is 0 Å². The maximum absolute atomic E-state index is 10.4. The first-order chi connectivity index (χ1) is 13.1. The Balaban J connectivity index is 1.89. The summed E-state index contributed by atoms with van der Waals surface area (Å²) in [6.45, 7) is 5.44. The topological polar surface area (TPSA) is 47.3 Å². The van der Waals surface area contributed by atoms with Crippen LogP contribution in [0.4, 0.5) is 0 Å². The van der Waals surface area contributed by atoms with E-state index in [2.05, 4.69) is 47.9 Å². The van der Waals surface area contributed by atoms with Gasteiger partial charge in [-0.3, -0.25) is 4.90 Å². The van der Waals surface area contributed by atoms with E-state index in [-0.39, 0.29) is 5.75 Å². The van der Waals surface area contributed by atoms with Crippen LogP contribution in [-0.4, -0.2) is 17.1 Å². The van der Waals surface area contributed by atoms with Gasteiger partial charge in [-0.25, -0.2) is 0 Å². The van der Waals surface area contributed by atoms with E-state index >= 15 is 0 Å². The molecule has 0 aliphatic heterocycles. The number of allylic oxidation sites excluding steroid dienone is 5. The number of phenolic OH excluding ortho intramolecular Hbond substituents is 1. The average molecular weight is 356 g/mol. The minimum absolute atomic E-state index is 0.149. The fourth-order valence-corrected chi connectivity index (χ4v) is 3.39. The van der Waals surface area contributed by atoms with Crippen LogP contribution in [0.1, 0.15) is 35.1 Å². The third-order valence-electron chi connectivity index (χ3n) is 4.79. The van der Waals surface area contributed by atoms with Gasteiger partial charge in [0.05, 0.1) is 5.56 Å². The molecule has 0 saturated heterocycles. The minimum atomic E-state index is 0.149. The highest BCUT2D eigenvalue weighted by Crippen LogP contribution is 2.33. The molecule has 0 atom stereocenters. The summed E-state index contributed by atoms with van der Waals surface area (Å²) in [6.07, 6.45) is 8.35. The fraction of sp³-hybridized carbons (Fsp3) is 0.208. The Kier molecular flexibility index (Phi) is 5.90. The maximum atomic E-state index is 10.4. The smallest absolute Gasteiger partial charge is 0.121 e. The summed E-state index contributed by atoms with van der Waals surface area (Å²) in [5, 5.41) is 20.2. The molecule has 0 radical (unpaired) electrons. The Morgan fingerprint density at radius 1 is 1.15 bits per heavy atom. The first-order valence-corrected chi connectivity index (χ1v) is 9.14. The molecule has 2 aromatic rings. The lowest BCUT2D eigenvalue weighted by Crippen LogP contribution is -2.18. The van der Waals surface area contributed by atoms with Crippen LogP contribution in [0.2, 0.25) is 0 Å². The number of nitriles is 1. The molecule has 136 valence electrons. The summed E-state index contributed by atoms with van der Waals surface area (Å²) in [5.41, 5.74) is 5.00. The Labute approximate surface area is 161 Å². The van der Waals surface area contributed by atoms with E-state index in [1.165, 1.54) is 5.56 Å². The van der Waals surface area contributed by atoms with Gasteiger partial charge in [0.1, 0.15) is 11.8 Å². The Morgan fingerprint density at radius 2 is 1.93 bits per heavy atom. The minimum Gasteiger partial charge on any atom is -0.508 e. The first-order valence-electron chi connectivity index (χ1n) is 9.14. The number of phenols is 1. The van der Waals surface area contributed by atoms with E-state index in [1.54, 1.807) is 12.1 Å². The fourth-order valence-electron chi connectivity index (χ4n) is 3.39. The molecule has 1 aliphatic rings. The molecule has 1 N–H and O–H groups in total. The second-order valence-corrected chi connectivity index (χ2v) is 6.87. The summed E-state index contributed by atoms with van der Waals surface area (Å²) in [5.74, 6) is 0.149. The van der Waals surface area contributed by atoms with Gasteiger partial charge in [-0.05, 0) is 48.7 Å². The van der Waals surface area contributed by atoms with Crippen LogP contribution >= 0.6 is 0 Å². The highest BCUT2D eigenvalue weighted by Gasteiger charge is 2.18. The van der Waals surface area contributed by atoms with Gasteiger partial charge >= 0.3 is 0 Å². The zero-order valence-electron chi connectivity index (χ0n) is 15.7. The highest BCUT2D eigenvalue weighted by molar-refractivity contribution is 5.84. The van der Waals surface area contributed by atoms with E-state index in [1.807, 2.05) is 25.2 Å². The van der Waals surface area contributed by atoms with Crippen molar-refractivity contribution >= 4 is 5.57 Å². The maximum Gasteiger partial charge on any atom is 0.121 e. The summed E-state index contributed by atoms with van der Waals surface area (Å²) in [4.78, 5) is 2.09. The predicted molar refractivity (Wildman–Crippen MR) is 110 cm³/mol. The van der Waals surface area contributed by atoms with Gasteiger partial charge in [-0.2, -0.15) is 5.26 Å². The largest absolute Gasteiger partial charge is 0.508 e. The second-order valence-electron chi connectivity index (χ2n) is 6.87. The van der Waals surface area contributed by atoms with Crippen LogP contribution in [0.5, 0.6) is 5.75 Å². The Hall–Kier alpha value is -3.09. The molecule has 0 amide bonds. The van der Waals surface area contributed by atoms with Crippen LogP contribution < -0.4 is 0 Å². The van der Waals surface area contributed by atoms with Crippen LogP contribution in [0.25, 0.3) is 5.57 Å². The number of rotatable bonds is 6. The first kappa shape index (κ1) is 18.7. The zero-order valence-corrected chi connectivity index (χ0v) is 15.7. The van der Waals surface area contributed by atoms with E-state index in [0.717, 1.165) is 36.1 Å². The predicted octanol–water partition coefficient (Wildman–Crippen LogP) is 5.19. The second kappa shape index (κ2) is 8.53. The van der Waals surface area contributed by atoms with Crippen molar-refractivity contribution in [2.45, 2.75) is 25.9 Å². The Bertz CT molecular complexity index is 933. The van der Waals surface area contributed by atoms with Gasteiger partial charge in [0, 0.05) is 24.2 Å². The standard InChI is InChI=1S/C24H24N2O/c1-18(20-11-7-4-8-12-20)21-13-14-24(27)23(22(21)15-25)17-26(2)16-19-9-5-3-6-10-19/h3,5-7,9-14,27H,1,4,8,16-17H2,2H3. The number of hydrogen-bond donors (Lipinski definition) is 1.